The number of rotatable bonds is 9. The fourth-order valence-electron chi connectivity index (χ4n) is 3.77. The summed E-state index contributed by atoms with van der Waals surface area (Å²) >= 11 is -2.89. The molecule has 1 N–H and O–H groups in total. The van der Waals surface area contributed by atoms with Crippen LogP contribution in [0.2, 0.25) is 0 Å². The van der Waals surface area contributed by atoms with Crippen molar-refractivity contribution in [2.45, 2.75) is 25.4 Å². The van der Waals surface area contributed by atoms with Crippen LogP contribution in [0.3, 0.4) is 0 Å². The van der Waals surface area contributed by atoms with Crippen molar-refractivity contribution in [1.82, 2.24) is 4.90 Å². The van der Waals surface area contributed by atoms with Gasteiger partial charge in [-0.05, 0) is 67.6 Å². The van der Waals surface area contributed by atoms with Crippen molar-refractivity contribution in [3.63, 3.8) is 0 Å². The first-order chi connectivity index (χ1) is 14.5. The summed E-state index contributed by atoms with van der Waals surface area (Å²) in [6, 6.07) is 11.1. The topological polar surface area (TPSA) is 99.1 Å². The Morgan fingerprint density at radius 3 is 2.57 bits per heavy atom. The maximum atomic E-state index is 13.0. The van der Waals surface area contributed by atoms with Crippen molar-refractivity contribution < 1.29 is 32.3 Å². The molecule has 0 saturated carbocycles. The number of nitrogens with zero attached hydrogens (tertiary/aromatic N) is 1. The van der Waals surface area contributed by atoms with Crippen LogP contribution in [-0.2, 0) is 22.1 Å². The maximum absolute atomic E-state index is 13.0. The van der Waals surface area contributed by atoms with Gasteiger partial charge in [-0.3, -0.25) is 4.79 Å². The summed E-state index contributed by atoms with van der Waals surface area (Å²) in [5, 5.41) is 10.8. The van der Waals surface area contributed by atoms with Gasteiger partial charge < -0.3 is 19.4 Å². The van der Waals surface area contributed by atoms with Crippen molar-refractivity contribution in [1.29, 1.82) is 0 Å². The van der Waals surface area contributed by atoms with Gasteiger partial charge in [0.1, 0.15) is 17.2 Å². The van der Waals surface area contributed by atoms with Crippen molar-refractivity contribution in [3.05, 3.63) is 65.0 Å². The molecule has 1 fully saturated rings. The van der Waals surface area contributed by atoms with E-state index in [0.717, 1.165) is 44.5 Å². The van der Waals surface area contributed by atoms with E-state index >= 15 is 0 Å². The van der Waals surface area contributed by atoms with Crippen LogP contribution < -0.4 is 4.89 Å². The summed E-state index contributed by atoms with van der Waals surface area (Å²) in [6.07, 6.45) is 1.95. The molecule has 1 saturated heterocycles. The molecule has 1 aliphatic rings. The first kappa shape index (κ1) is 22.5. The number of aliphatic hydroxyl groups is 1. The van der Waals surface area contributed by atoms with Crippen LogP contribution in [0.15, 0.2) is 42.5 Å². The minimum atomic E-state index is -2.89. The number of aldehydes is 1. The molecule has 9 heteroatoms. The number of carbonyl (C=O) groups is 1. The van der Waals surface area contributed by atoms with Gasteiger partial charge in [-0.2, -0.15) is 0 Å². The number of halogens is 1. The van der Waals surface area contributed by atoms with Crippen LogP contribution in [0.25, 0.3) is 0 Å². The fraction of sp³-hybridized carbons (Fsp3) is 0.381. The fourth-order valence-corrected chi connectivity index (χ4v) is 3.90. The van der Waals surface area contributed by atoms with Crippen LogP contribution in [0.5, 0.6) is 5.75 Å². The molecule has 0 amide bonds. The van der Waals surface area contributed by atoms with Crippen LogP contribution in [0.1, 0.15) is 40.4 Å². The van der Waals surface area contributed by atoms with Gasteiger partial charge in [0, 0.05) is 6.54 Å². The Hall–Kier alpha value is -2.17. The highest BCUT2D eigenvalue weighted by Crippen LogP contribution is 2.35. The summed E-state index contributed by atoms with van der Waals surface area (Å²) < 4.78 is 38.1. The lowest BCUT2D eigenvalue weighted by Gasteiger charge is -2.34. The predicted molar refractivity (Wildman–Crippen MR) is 107 cm³/mol. The van der Waals surface area contributed by atoms with E-state index in [2.05, 4.69) is 14.1 Å². The van der Waals surface area contributed by atoms with E-state index in [1.165, 1.54) is 18.2 Å². The van der Waals surface area contributed by atoms with Gasteiger partial charge >= 0.3 is 0 Å². The van der Waals surface area contributed by atoms with E-state index in [1.807, 2.05) is 0 Å². The summed E-state index contributed by atoms with van der Waals surface area (Å²) in [5.41, 5.74) is 1.52. The second-order valence-corrected chi connectivity index (χ2v) is 7.78. The lowest BCUT2D eigenvalue weighted by Crippen LogP contribution is -2.37. The van der Waals surface area contributed by atoms with Gasteiger partial charge in [0.2, 0.25) is 0 Å². The van der Waals surface area contributed by atoms with Gasteiger partial charge in [0.25, 0.3) is 0 Å². The molecule has 0 aromatic heterocycles. The highest BCUT2D eigenvalue weighted by Gasteiger charge is 2.28. The maximum Gasteiger partial charge on any atom is 0.177 e. The SMILES string of the molecule is O=Cc1c(OOS(=O)[O-])cccc1C(O)C1CCN(CCc2ccc(F)cc2)CC1. The normalized spacial score (nSPS) is 17.4. The number of benzene rings is 2. The highest BCUT2D eigenvalue weighted by atomic mass is 32.2. The summed E-state index contributed by atoms with van der Waals surface area (Å²) in [5.74, 6) is -0.358. The third-order valence-electron chi connectivity index (χ3n) is 5.42. The molecule has 2 aromatic carbocycles. The molecule has 0 radical (unpaired) electrons. The third kappa shape index (κ3) is 5.93. The molecule has 1 aliphatic heterocycles. The molecule has 0 spiro atoms. The molecule has 1 heterocycles. The molecule has 0 aliphatic carbocycles. The van der Waals surface area contributed by atoms with Crippen molar-refractivity contribution >= 4 is 17.6 Å². The van der Waals surface area contributed by atoms with Crippen molar-refractivity contribution in [2.75, 3.05) is 19.6 Å². The van der Waals surface area contributed by atoms with Gasteiger partial charge in [-0.15, -0.1) is 0 Å². The molecular weight excluding hydrogens is 413 g/mol. The number of carbonyl (C=O) groups excluding carboxylic acids is 1. The van der Waals surface area contributed by atoms with Crippen molar-refractivity contribution in [3.8, 4) is 5.75 Å². The number of hydrogen-bond donors (Lipinski definition) is 1. The zero-order chi connectivity index (χ0) is 21.5. The zero-order valence-corrected chi connectivity index (χ0v) is 17.1. The third-order valence-corrected chi connectivity index (χ3v) is 5.60. The van der Waals surface area contributed by atoms with E-state index in [-0.39, 0.29) is 23.0 Å². The van der Waals surface area contributed by atoms with Crippen LogP contribution in [0, 0.1) is 11.7 Å². The molecule has 2 atom stereocenters. The Morgan fingerprint density at radius 1 is 1.23 bits per heavy atom. The second-order valence-electron chi connectivity index (χ2n) is 7.23. The van der Waals surface area contributed by atoms with Gasteiger partial charge in [-0.25, -0.2) is 8.60 Å². The average Bonchev–Trinajstić information content (AvgIpc) is 2.76. The van der Waals surface area contributed by atoms with E-state index in [0.29, 0.717) is 11.8 Å². The van der Waals surface area contributed by atoms with Gasteiger partial charge in [0.05, 0.1) is 11.7 Å². The lowest BCUT2D eigenvalue weighted by molar-refractivity contribution is -0.0951. The van der Waals surface area contributed by atoms with E-state index in [1.54, 1.807) is 24.3 Å². The average molecular weight is 436 g/mol. The Kier molecular flexibility index (Phi) is 8.06. The summed E-state index contributed by atoms with van der Waals surface area (Å²) in [4.78, 5) is 18.5. The smallest absolute Gasteiger partial charge is 0.177 e. The molecule has 7 nitrogen and oxygen atoms in total. The van der Waals surface area contributed by atoms with Crippen LogP contribution >= 0.6 is 0 Å². The Balaban J connectivity index is 1.57. The molecule has 2 aromatic rings. The monoisotopic (exact) mass is 436 g/mol. The van der Waals surface area contributed by atoms with E-state index < -0.39 is 17.5 Å². The highest BCUT2D eigenvalue weighted by molar-refractivity contribution is 7.73. The van der Waals surface area contributed by atoms with Gasteiger partial charge in [-0.1, -0.05) is 28.6 Å². The van der Waals surface area contributed by atoms with Crippen molar-refractivity contribution in [2.24, 2.45) is 5.92 Å². The molecular formula is C21H23FNO6S-. The minimum absolute atomic E-state index is 0.0458. The summed E-state index contributed by atoms with van der Waals surface area (Å²) in [6.45, 7) is 2.45. The Morgan fingerprint density at radius 2 is 1.93 bits per heavy atom. The molecule has 2 unspecified atom stereocenters. The minimum Gasteiger partial charge on any atom is -0.747 e. The number of likely N-dealkylation sites (tertiary alicyclic amines) is 1. The first-order valence-electron chi connectivity index (χ1n) is 9.65. The predicted octanol–water partition coefficient (Wildman–Crippen LogP) is 2.73. The Bertz CT molecular complexity index is 870. The molecule has 30 heavy (non-hydrogen) atoms. The van der Waals surface area contributed by atoms with E-state index in [9.17, 15) is 23.1 Å². The van der Waals surface area contributed by atoms with Crippen LogP contribution in [-0.4, -0.2) is 44.7 Å². The number of aliphatic hydroxyl groups excluding tert-OH is 1. The molecule has 0 bridgehead atoms. The number of piperidine rings is 1. The number of hydrogen-bond acceptors (Lipinski definition) is 7. The largest absolute Gasteiger partial charge is 0.747 e. The standard InChI is InChI=1S/C21H24FNO6S/c22-17-6-4-15(5-7-17)8-11-23-12-9-16(10-13-23)21(25)18-2-1-3-20(19(18)14-24)28-29-30(26)27/h1-7,14,16,21,25H,8-13H2,(H,26,27)/p-1. The van der Waals surface area contributed by atoms with Gasteiger partial charge in [0.15, 0.2) is 12.0 Å². The molecule has 162 valence electrons. The Labute approximate surface area is 176 Å². The van der Waals surface area contributed by atoms with Crippen LogP contribution in [0.4, 0.5) is 4.39 Å². The second kappa shape index (κ2) is 10.7. The summed E-state index contributed by atoms with van der Waals surface area (Å²) in [7, 11) is 0. The quantitative estimate of drug-likeness (QED) is 0.279. The zero-order valence-electron chi connectivity index (χ0n) is 16.2. The molecule has 3 rings (SSSR count). The van der Waals surface area contributed by atoms with E-state index in [4.69, 9.17) is 0 Å². The lowest BCUT2D eigenvalue weighted by atomic mass is 9.85. The first-order valence-corrected chi connectivity index (χ1v) is 10.6.